The SMILES string of the molecule is CC(C)C(=O)Nc1cccc(NC(C)(C)C)c1. The number of rotatable bonds is 3. The van der Waals surface area contributed by atoms with Gasteiger partial charge in [0.05, 0.1) is 0 Å². The summed E-state index contributed by atoms with van der Waals surface area (Å²) in [6.45, 7) is 10.1. The standard InChI is InChI=1S/C14H22N2O/c1-10(2)13(17)15-11-7-6-8-12(9-11)16-14(3,4)5/h6-10,16H,1-5H3,(H,15,17). The van der Waals surface area contributed by atoms with E-state index in [9.17, 15) is 4.79 Å². The second kappa shape index (κ2) is 5.21. The van der Waals surface area contributed by atoms with Crippen molar-refractivity contribution >= 4 is 17.3 Å². The molecule has 0 radical (unpaired) electrons. The van der Waals surface area contributed by atoms with E-state index in [-0.39, 0.29) is 17.4 Å². The van der Waals surface area contributed by atoms with Crippen LogP contribution in [0.3, 0.4) is 0 Å². The van der Waals surface area contributed by atoms with Crippen molar-refractivity contribution in [2.75, 3.05) is 10.6 Å². The summed E-state index contributed by atoms with van der Waals surface area (Å²) in [4.78, 5) is 11.6. The molecule has 3 nitrogen and oxygen atoms in total. The lowest BCUT2D eigenvalue weighted by Crippen LogP contribution is -2.26. The number of nitrogens with one attached hydrogen (secondary N) is 2. The summed E-state index contributed by atoms with van der Waals surface area (Å²) < 4.78 is 0. The first kappa shape index (κ1) is 13.6. The molecule has 0 aromatic heterocycles. The lowest BCUT2D eigenvalue weighted by Gasteiger charge is -2.22. The molecule has 0 fully saturated rings. The minimum atomic E-state index is -0.00534. The molecule has 0 aliphatic rings. The third kappa shape index (κ3) is 4.89. The molecule has 0 atom stereocenters. The Hall–Kier alpha value is -1.51. The van der Waals surface area contributed by atoms with Crippen molar-refractivity contribution in [1.29, 1.82) is 0 Å². The van der Waals surface area contributed by atoms with Crippen LogP contribution in [0.5, 0.6) is 0 Å². The van der Waals surface area contributed by atoms with Gasteiger partial charge in [-0.1, -0.05) is 19.9 Å². The Morgan fingerprint density at radius 3 is 2.29 bits per heavy atom. The van der Waals surface area contributed by atoms with Gasteiger partial charge in [-0.2, -0.15) is 0 Å². The monoisotopic (exact) mass is 234 g/mol. The maximum absolute atomic E-state index is 11.6. The maximum atomic E-state index is 11.6. The molecule has 2 N–H and O–H groups in total. The van der Waals surface area contributed by atoms with Gasteiger partial charge in [-0.3, -0.25) is 4.79 Å². The van der Waals surface area contributed by atoms with Gasteiger partial charge in [0.1, 0.15) is 0 Å². The van der Waals surface area contributed by atoms with Crippen molar-refractivity contribution in [3.63, 3.8) is 0 Å². The first-order chi connectivity index (χ1) is 7.78. The molecule has 1 rings (SSSR count). The number of anilines is 2. The number of carbonyl (C=O) groups excluding carboxylic acids is 1. The fraction of sp³-hybridized carbons (Fsp3) is 0.500. The highest BCUT2D eigenvalue weighted by Gasteiger charge is 2.10. The summed E-state index contributed by atoms with van der Waals surface area (Å²) in [5.41, 5.74) is 1.86. The molecule has 94 valence electrons. The van der Waals surface area contributed by atoms with Crippen LogP contribution in [0, 0.1) is 5.92 Å². The van der Waals surface area contributed by atoms with Crippen LogP contribution in [0.2, 0.25) is 0 Å². The number of hydrogen-bond acceptors (Lipinski definition) is 2. The predicted molar refractivity (Wildman–Crippen MR) is 73.3 cm³/mol. The van der Waals surface area contributed by atoms with Gasteiger partial charge in [-0.05, 0) is 39.0 Å². The van der Waals surface area contributed by atoms with E-state index in [2.05, 4.69) is 31.4 Å². The van der Waals surface area contributed by atoms with E-state index in [4.69, 9.17) is 0 Å². The Morgan fingerprint density at radius 1 is 1.18 bits per heavy atom. The van der Waals surface area contributed by atoms with E-state index in [1.807, 2.05) is 38.1 Å². The summed E-state index contributed by atoms with van der Waals surface area (Å²) in [5, 5.41) is 6.26. The van der Waals surface area contributed by atoms with Gasteiger partial charge in [0.25, 0.3) is 0 Å². The Labute approximate surface area is 104 Å². The lowest BCUT2D eigenvalue weighted by molar-refractivity contribution is -0.118. The first-order valence-corrected chi connectivity index (χ1v) is 5.97. The zero-order chi connectivity index (χ0) is 13.1. The average molecular weight is 234 g/mol. The summed E-state index contributed by atoms with van der Waals surface area (Å²) >= 11 is 0. The molecule has 0 bridgehead atoms. The topological polar surface area (TPSA) is 41.1 Å². The van der Waals surface area contributed by atoms with Crippen molar-refractivity contribution in [1.82, 2.24) is 0 Å². The minimum absolute atomic E-state index is 0.00534. The highest BCUT2D eigenvalue weighted by Crippen LogP contribution is 2.19. The second-order valence-electron chi connectivity index (χ2n) is 5.60. The Morgan fingerprint density at radius 2 is 1.76 bits per heavy atom. The summed E-state index contributed by atoms with van der Waals surface area (Å²) in [7, 11) is 0. The fourth-order valence-electron chi connectivity index (χ4n) is 1.39. The molecule has 0 spiro atoms. The fourth-order valence-corrected chi connectivity index (χ4v) is 1.39. The normalized spacial score (nSPS) is 11.4. The van der Waals surface area contributed by atoms with E-state index in [1.165, 1.54) is 0 Å². The van der Waals surface area contributed by atoms with Crippen LogP contribution in [0.1, 0.15) is 34.6 Å². The largest absolute Gasteiger partial charge is 0.380 e. The quantitative estimate of drug-likeness (QED) is 0.840. The molecular formula is C14H22N2O. The molecule has 0 saturated carbocycles. The Bertz CT molecular complexity index is 391. The van der Waals surface area contributed by atoms with E-state index >= 15 is 0 Å². The number of benzene rings is 1. The summed E-state index contributed by atoms with van der Waals surface area (Å²) in [5.74, 6) is 0.0344. The Balaban J connectivity index is 2.76. The molecule has 0 aliphatic carbocycles. The summed E-state index contributed by atoms with van der Waals surface area (Å²) in [6, 6.07) is 7.78. The van der Waals surface area contributed by atoms with Gasteiger partial charge in [-0.15, -0.1) is 0 Å². The molecule has 17 heavy (non-hydrogen) atoms. The van der Waals surface area contributed by atoms with Gasteiger partial charge >= 0.3 is 0 Å². The van der Waals surface area contributed by atoms with Crippen LogP contribution < -0.4 is 10.6 Å². The van der Waals surface area contributed by atoms with Crippen molar-refractivity contribution in [2.45, 2.75) is 40.2 Å². The maximum Gasteiger partial charge on any atom is 0.226 e. The highest BCUT2D eigenvalue weighted by molar-refractivity contribution is 5.92. The van der Waals surface area contributed by atoms with Gasteiger partial charge in [-0.25, -0.2) is 0 Å². The van der Waals surface area contributed by atoms with Gasteiger partial charge in [0.2, 0.25) is 5.91 Å². The van der Waals surface area contributed by atoms with Crippen LogP contribution in [0.15, 0.2) is 24.3 Å². The van der Waals surface area contributed by atoms with E-state index in [1.54, 1.807) is 0 Å². The average Bonchev–Trinajstić information content (AvgIpc) is 2.15. The van der Waals surface area contributed by atoms with E-state index < -0.39 is 0 Å². The molecular weight excluding hydrogens is 212 g/mol. The van der Waals surface area contributed by atoms with E-state index in [0.29, 0.717) is 0 Å². The molecule has 3 heteroatoms. The van der Waals surface area contributed by atoms with Crippen LogP contribution in [-0.2, 0) is 4.79 Å². The van der Waals surface area contributed by atoms with Crippen LogP contribution in [-0.4, -0.2) is 11.4 Å². The third-order valence-electron chi connectivity index (χ3n) is 2.17. The van der Waals surface area contributed by atoms with Crippen LogP contribution >= 0.6 is 0 Å². The first-order valence-electron chi connectivity index (χ1n) is 5.97. The van der Waals surface area contributed by atoms with Gasteiger partial charge < -0.3 is 10.6 Å². The number of amides is 1. The van der Waals surface area contributed by atoms with Gasteiger partial charge in [0.15, 0.2) is 0 Å². The van der Waals surface area contributed by atoms with Crippen molar-refractivity contribution < 1.29 is 4.79 Å². The molecule has 1 aromatic carbocycles. The molecule has 0 saturated heterocycles. The number of hydrogen-bond donors (Lipinski definition) is 2. The summed E-state index contributed by atoms with van der Waals surface area (Å²) in [6.07, 6.45) is 0. The highest BCUT2D eigenvalue weighted by atomic mass is 16.1. The van der Waals surface area contributed by atoms with Gasteiger partial charge in [0, 0.05) is 22.8 Å². The van der Waals surface area contributed by atoms with Crippen LogP contribution in [0.4, 0.5) is 11.4 Å². The zero-order valence-corrected chi connectivity index (χ0v) is 11.3. The molecule has 1 aromatic rings. The minimum Gasteiger partial charge on any atom is -0.380 e. The number of carbonyl (C=O) groups is 1. The molecule has 0 heterocycles. The van der Waals surface area contributed by atoms with E-state index in [0.717, 1.165) is 11.4 Å². The molecule has 1 amide bonds. The molecule has 0 aliphatic heterocycles. The lowest BCUT2D eigenvalue weighted by atomic mass is 10.1. The Kier molecular flexibility index (Phi) is 4.16. The predicted octanol–water partition coefficient (Wildman–Crippen LogP) is 3.49. The van der Waals surface area contributed by atoms with Crippen LogP contribution in [0.25, 0.3) is 0 Å². The third-order valence-corrected chi connectivity index (χ3v) is 2.17. The van der Waals surface area contributed by atoms with Crippen molar-refractivity contribution in [3.8, 4) is 0 Å². The second-order valence-corrected chi connectivity index (χ2v) is 5.60. The smallest absolute Gasteiger partial charge is 0.226 e. The zero-order valence-electron chi connectivity index (χ0n) is 11.3. The molecule has 0 unspecified atom stereocenters. The van der Waals surface area contributed by atoms with Crippen molar-refractivity contribution in [3.05, 3.63) is 24.3 Å². The van der Waals surface area contributed by atoms with Crippen molar-refractivity contribution in [2.24, 2.45) is 5.92 Å².